The van der Waals surface area contributed by atoms with Crippen molar-refractivity contribution in [3.63, 3.8) is 0 Å². The molecule has 0 heterocycles. The van der Waals surface area contributed by atoms with E-state index in [9.17, 15) is 4.79 Å². The summed E-state index contributed by atoms with van der Waals surface area (Å²) in [5.41, 5.74) is 6.21. The van der Waals surface area contributed by atoms with Crippen LogP contribution in [0.2, 0.25) is 0 Å². The number of amides is 1. The highest BCUT2D eigenvalue weighted by Crippen LogP contribution is 2.46. The smallest absolute Gasteiger partial charge is 0.234 e. The van der Waals surface area contributed by atoms with E-state index in [0.717, 1.165) is 28.8 Å². The van der Waals surface area contributed by atoms with Crippen LogP contribution in [-0.2, 0) is 4.79 Å². The first kappa shape index (κ1) is 13.4. The maximum atomic E-state index is 12.3. The Labute approximate surface area is 115 Å². The lowest BCUT2D eigenvalue weighted by Crippen LogP contribution is -2.38. The summed E-state index contributed by atoms with van der Waals surface area (Å²) in [5, 5.41) is 0. The molecule has 1 aliphatic carbocycles. The van der Waals surface area contributed by atoms with Crippen molar-refractivity contribution in [1.82, 2.24) is 0 Å². The highest BCUT2D eigenvalue weighted by Gasteiger charge is 2.50. The predicted octanol–water partition coefficient (Wildman–Crippen LogP) is 2.16. The van der Waals surface area contributed by atoms with Gasteiger partial charge in [-0.3, -0.25) is 4.79 Å². The Bertz CT molecular complexity index is 472. The van der Waals surface area contributed by atoms with Crippen LogP contribution in [0.15, 0.2) is 22.7 Å². The molecule has 1 fully saturated rings. The van der Waals surface area contributed by atoms with Crippen LogP contribution < -0.4 is 15.4 Å². The molecule has 0 aromatic heterocycles. The lowest BCUT2D eigenvalue weighted by molar-refractivity contribution is -0.123. The number of methoxy groups -OCH3 is 1. The third kappa shape index (κ3) is 2.24. The van der Waals surface area contributed by atoms with Gasteiger partial charge in [-0.05, 0) is 47.0 Å². The number of anilines is 1. The number of halogens is 1. The fourth-order valence-corrected chi connectivity index (χ4v) is 2.52. The molecular weight excluding hydrogens is 296 g/mol. The van der Waals surface area contributed by atoms with Gasteiger partial charge in [0.25, 0.3) is 0 Å². The molecular formula is C13H17BrN2O2. The van der Waals surface area contributed by atoms with Crippen LogP contribution in [-0.4, -0.2) is 26.6 Å². The second kappa shape index (κ2) is 4.90. The van der Waals surface area contributed by atoms with Crippen LogP contribution in [0.5, 0.6) is 5.75 Å². The number of carbonyl (C=O) groups is 1. The first-order chi connectivity index (χ1) is 8.54. The summed E-state index contributed by atoms with van der Waals surface area (Å²) in [7, 11) is 3.40. The minimum atomic E-state index is -0.318. The molecule has 98 valence electrons. The van der Waals surface area contributed by atoms with E-state index in [2.05, 4.69) is 15.9 Å². The molecule has 0 spiro atoms. The Balaban J connectivity index is 2.21. The van der Waals surface area contributed by atoms with E-state index < -0.39 is 0 Å². The van der Waals surface area contributed by atoms with E-state index in [1.165, 1.54) is 0 Å². The van der Waals surface area contributed by atoms with Gasteiger partial charge in [-0.15, -0.1) is 0 Å². The van der Waals surface area contributed by atoms with Gasteiger partial charge in [0, 0.05) is 19.3 Å². The molecule has 2 rings (SSSR count). The summed E-state index contributed by atoms with van der Waals surface area (Å²) in [6.07, 6.45) is 1.79. The average Bonchev–Trinajstić information content (AvgIpc) is 3.18. The van der Waals surface area contributed by atoms with Crippen molar-refractivity contribution in [3.05, 3.63) is 22.7 Å². The molecule has 1 aromatic rings. The molecule has 0 unspecified atom stereocenters. The molecule has 0 aliphatic heterocycles. The second-order valence-corrected chi connectivity index (χ2v) is 5.52. The van der Waals surface area contributed by atoms with E-state index in [4.69, 9.17) is 10.5 Å². The summed E-state index contributed by atoms with van der Waals surface area (Å²) in [4.78, 5) is 14.0. The van der Waals surface area contributed by atoms with Gasteiger partial charge in [0.05, 0.1) is 17.0 Å². The Hall–Kier alpha value is -1.07. The number of benzene rings is 1. The van der Waals surface area contributed by atoms with Crippen LogP contribution in [0.25, 0.3) is 0 Å². The van der Waals surface area contributed by atoms with E-state index in [0.29, 0.717) is 6.54 Å². The highest BCUT2D eigenvalue weighted by molar-refractivity contribution is 9.10. The predicted molar refractivity (Wildman–Crippen MR) is 74.8 cm³/mol. The number of rotatable bonds is 4. The summed E-state index contributed by atoms with van der Waals surface area (Å²) in [5.74, 6) is 0.849. The topological polar surface area (TPSA) is 55.6 Å². The minimum absolute atomic E-state index is 0.0991. The van der Waals surface area contributed by atoms with Crippen molar-refractivity contribution < 1.29 is 9.53 Å². The first-order valence-corrected chi connectivity index (χ1v) is 6.65. The second-order valence-electron chi connectivity index (χ2n) is 4.67. The zero-order chi connectivity index (χ0) is 13.3. The zero-order valence-corrected chi connectivity index (χ0v) is 12.2. The fourth-order valence-electron chi connectivity index (χ4n) is 1.99. The number of carbonyl (C=O) groups excluding carboxylic acids is 1. The van der Waals surface area contributed by atoms with E-state index in [1.807, 2.05) is 18.2 Å². The standard InChI is InChI=1S/C13H17BrN2O2/c1-16(12(17)13(8-15)5-6-13)9-3-4-11(18-2)10(14)7-9/h3-4,7H,5-6,8,15H2,1-2H3. The van der Waals surface area contributed by atoms with E-state index >= 15 is 0 Å². The largest absolute Gasteiger partial charge is 0.496 e. The average molecular weight is 313 g/mol. The van der Waals surface area contributed by atoms with Gasteiger partial charge in [-0.1, -0.05) is 0 Å². The molecule has 1 saturated carbocycles. The van der Waals surface area contributed by atoms with Crippen molar-refractivity contribution in [3.8, 4) is 5.75 Å². The third-order valence-electron chi connectivity index (χ3n) is 3.53. The van der Waals surface area contributed by atoms with E-state index in [-0.39, 0.29) is 11.3 Å². The Morgan fingerprint density at radius 1 is 1.56 bits per heavy atom. The number of hydrogen-bond acceptors (Lipinski definition) is 3. The molecule has 0 atom stereocenters. The Morgan fingerprint density at radius 3 is 2.67 bits per heavy atom. The third-order valence-corrected chi connectivity index (χ3v) is 4.14. The van der Waals surface area contributed by atoms with Crippen LogP contribution in [0, 0.1) is 5.41 Å². The fraction of sp³-hybridized carbons (Fsp3) is 0.462. The summed E-state index contributed by atoms with van der Waals surface area (Å²) < 4.78 is 6.00. The zero-order valence-electron chi connectivity index (χ0n) is 10.6. The molecule has 1 amide bonds. The van der Waals surface area contributed by atoms with Gasteiger partial charge in [0.15, 0.2) is 0 Å². The lowest BCUT2D eigenvalue weighted by atomic mass is 10.1. The highest BCUT2D eigenvalue weighted by atomic mass is 79.9. The molecule has 2 N–H and O–H groups in total. The van der Waals surface area contributed by atoms with Crippen molar-refractivity contribution in [1.29, 1.82) is 0 Å². The van der Waals surface area contributed by atoms with Crippen LogP contribution in [0.4, 0.5) is 5.69 Å². The maximum Gasteiger partial charge on any atom is 0.234 e. The first-order valence-electron chi connectivity index (χ1n) is 5.86. The van der Waals surface area contributed by atoms with Crippen molar-refractivity contribution in [2.24, 2.45) is 11.1 Å². The van der Waals surface area contributed by atoms with Gasteiger partial charge in [0.1, 0.15) is 5.75 Å². The molecule has 0 saturated heterocycles. The monoisotopic (exact) mass is 312 g/mol. The van der Waals surface area contributed by atoms with E-state index in [1.54, 1.807) is 19.1 Å². The maximum absolute atomic E-state index is 12.3. The molecule has 18 heavy (non-hydrogen) atoms. The molecule has 4 nitrogen and oxygen atoms in total. The molecule has 0 radical (unpaired) electrons. The van der Waals surface area contributed by atoms with Gasteiger partial charge >= 0.3 is 0 Å². The normalized spacial score (nSPS) is 16.2. The lowest BCUT2D eigenvalue weighted by Gasteiger charge is -2.23. The van der Waals surface area contributed by atoms with Crippen LogP contribution in [0.3, 0.4) is 0 Å². The van der Waals surface area contributed by atoms with Crippen molar-refractivity contribution >= 4 is 27.5 Å². The summed E-state index contributed by atoms with van der Waals surface area (Å²) in [6, 6.07) is 5.59. The Morgan fingerprint density at radius 2 is 2.22 bits per heavy atom. The number of hydrogen-bond donors (Lipinski definition) is 1. The van der Waals surface area contributed by atoms with Crippen molar-refractivity contribution in [2.75, 3.05) is 25.6 Å². The summed E-state index contributed by atoms with van der Waals surface area (Å²) >= 11 is 3.42. The van der Waals surface area contributed by atoms with Crippen LogP contribution in [0.1, 0.15) is 12.8 Å². The van der Waals surface area contributed by atoms with Gasteiger partial charge in [-0.25, -0.2) is 0 Å². The molecule has 5 heteroatoms. The van der Waals surface area contributed by atoms with Gasteiger partial charge in [0.2, 0.25) is 5.91 Å². The molecule has 1 aromatic carbocycles. The number of ether oxygens (including phenoxy) is 1. The SMILES string of the molecule is COc1ccc(N(C)C(=O)C2(CN)CC2)cc1Br. The molecule has 1 aliphatic rings. The van der Waals surface area contributed by atoms with Crippen molar-refractivity contribution in [2.45, 2.75) is 12.8 Å². The van der Waals surface area contributed by atoms with Gasteiger partial charge < -0.3 is 15.4 Å². The number of nitrogens with two attached hydrogens (primary N) is 1. The quantitative estimate of drug-likeness (QED) is 0.927. The number of nitrogens with zero attached hydrogens (tertiary/aromatic N) is 1. The summed E-state index contributed by atoms with van der Waals surface area (Å²) in [6.45, 7) is 0.424. The molecule has 0 bridgehead atoms. The Kier molecular flexibility index (Phi) is 3.64. The van der Waals surface area contributed by atoms with Crippen LogP contribution >= 0.6 is 15.9 Å². The minimum Gasteiger partial charge on any atom is -0.496 e. The van der Waals surface area contributed by atoms with Gasteiger partial charge in [-0.2, -0.15) is 0 Å².